The summed E-state index contributed by atoms with van der Waals surface area (Å²) in [6.45, 7) is 4.16. The molecule has 21 heavy (non-hydrogen) atoms. The lowest BCUT2D eigenvalue weighted by Crippen LogP contribution is -2.45. The number of rotatable bonds is 4. The van der Waals surface area contributed by atoms with Crippen LogP contribution in [0.15, 0.2) is 24.3 Å². The van der Waals surface area contributed by atoms with E-state index in [9.17, 15) is 18.0 Å². The van der Waals surface area contributed by atoms with E-state index in [1.54, 1.807) is 0 Å². The first-order valence-corrected chi connectivity index (χ1v) is 6.35. The van der Waals surface area contributed by atoms with Crippen LogP contribution in [0.3, 0.4) is 0 Å². The van der Waals surface area contributed by atoms with Crippen molar-refractivity contribution in [1.29, 1.82) is 0 Å². The standard InChI is InChI=1S/C14H19F3N2O2/c1-13(2,3)11(18)12(20)19-9-4-6-10(7-5-9)21-8-14(15,16)17/h4-7,11H,8,18H2,1-3H3,(H,19,20). The first-order chi connectivity index (χ1) is 9.49. The number of carbonyl (C=O) groups is 1. The minimum Gasteiger partial charge on any atom is -0.484 e. The Morgan fingerprint density at radius 2 is 1.76 bits per heavy atom. The summed E-state index contributed by atoms with van der Waals surface area (Å²) in [7, 11) is 0. The van der Waals surface area contributed by atoms with Crippen molar-refractivity contribution in [3.05, 3.63) is 24.3 Å². The molecule has 0 bridgehead atoms. The molecule has 118 valence electrons. The van der Waals surface area contributed by atoms with Gasteiger partial charge >= 0.3 is 6.18 Å². The fourth-order valence-electron chi connectivity index (χ4n) is 1.41. The molecule has 0 fully saturated rings. The minimum atomic E-state index is -4.38. The van der Waals surface area contributed by atoms with Crippen molar-refractivity contribution in [3.8, 4) is 5.75 Å². The van der Waals surface area contributed by atoms with Crippen molar-refractivity contribution in [1.82, 2.24) is 0 Å². The molecule has 0 aliphatic heterocycles. The predicted octanol–water partition coefficient (Wildman–Crippen LogP) is 2.94. The number of halogens is 3. The summed E-state index contributed by atoms with van der Waals surface area (Å²) >= 11 is 0. The lowest BCUT2D eigenvalue weighted by Gasteiger charge is -2.25. The van der Waals surface area contributed by atoms with Crippen molar-refractivity contribution in [3.63, 3.8) is 0 Å². The quantitative estimate of drug-likeness (QED) is 0.899. The Morgan fingerprint density at radius 3 is 2.19 bits per heavy atom. The van der Waals surface area contributed by atoms with Gasteiger partial charge in [-0.2, -0.15) is 13.2 Å². The van der Waals surface area contributed by atoms with Crippen LogP contribution in [0.1, 0.15) is 20.8 Å². The number of alkyl halides is 3. The SMILES string of the molecule is CC(C)(C)C(N)C(=O)Nc1ccc(OCC(F)(F)F)cc1. The molecule has 1 atom stereocenters. The van der Waals surface area contributed by atoms with Crippen LogP contribution in [0, 0.1) is 5.41 Å². The van der Waals surface area contributed by atoms with Crippen LogP contribution < -0.4 is 15.8 Å². The fourth-order valence-corrected chi connectivity index (χ4v) is 1.41. The van der Waals surface area contributed by atoms with E-state index in [0.29, 0.717) is 5.69 Å². The Kier molecular flexibility index (Phi) is 5.22. The zero-order chi connectivity index (χ0) is 16.3. The molecule has 0 aromatic heterocycles. The second-order valence-electron chi connectivity index (χ2n) is 5.76. The number of nitrogens with one attached hydrogen (secondary N) is 1. The van der Waals surface area contributed by atoms with Gasteiger partial charge < -0.3 is 15.8 Å². The third-order valence-electron chi connectivity index (χ3n) is 2.74. The number of benzene rings is 1. The van der Waals surface area contributed by atoms with Crippen LogP contribution in [0.25, 0.3) is 0 Å². The maximum Gasteiger partial charge on any atom is 0.422 e. The summed E-state index contributed by atoms with van der Waals surface area (Å²) in [6, 6.07) is 4.92. The molecule has 1 aromatic rings. The van der Waals surface area contributed by atoms with E-state index in [0.717, 1.165) is 0 Å². The van der Waals surface area contributed by atoms with Crippen LogP contribution in [-0.4, -0.2) is 24.7 Å². The third-order valence-corrected chi connectivity index (χ3v) is 2.74. The van der Waals surface area contributed by atoms with Crippen molar-refractivity contribution in [2.24, 2.45) is 11.1 Å². The molecule has 1 unspecified atom stereocenters. The molecule has 0 saturated carbocycles. The normalized spacial score (nSPS) is 13.7. The molecule has 0 aliphatic rings. The zero-order valence-electron chi connectivity index (χ0n) is 12.1. The Hall–Kier alpha value is -1.76. The highest BCUT2D eigenvalue weighted by Crippen LogP contribution is 2.22. The lowest BCUT2D eigenvalue weighted by atomic mass is 9.87. The molecule has 1 amide bonds. The van der Waals surface area contributed by atoms with Crippen molar-refractivity contribution >= 4 is 11.6 Å². The van der Waals surface area contributed by atoms with E-state index >= 15 is 0 Å². The first-order valence-electron chi connectivity index (χ1n) is 6.35. The van der Waals surface area contributed by atoms with Gasteiger partial charge in [-0.3, -0.25) is 4.79 Å². The van der Waals surface area contributed by atoms with Gasteiger partial charge in [-0.1, -0.05) is 20.8 Å². The van der Waals surface area contributed by atoms with Crippen molar-refractivity contribution in [2.45, 2.75) is 33.0 Å². The molecule has 0 saturated heterocycles. The largest absolute Gasteiger partial charge is 0.484 e. The summed E-state index contributed by atoms with van der Waals surface area (Å²) < 4.78 is 40.6. The van der Waals surface area contributed by atoms with E-state index in [-0.39, 0.29) is 17.1 Å². The summed E-state index contributed by atoms with van der Waals surface area (Å²) in [6.07, 6.45) is -4.38. The van der Waals surface area contributed by atoms with Gasteiger partial charge in [0.25, 0.3) is 0 Å². The smallest absolute Gasteiger partial charge is 0.422 e. The van der Waals surface area contributed by atoms with Gasteiger partial charge in [0.2, 0.25) is 5.91 Å². The van der Waals surface area contributed by atoms with Gasteiger partial charge in [-0.05, 0) is 29.7 Å². The molecule has 4 nitrogen and oxygen atoms in total. The lowest BCUT2D eigenvalue weighted by molar-refractivity contribution is -0.153. The zero-order valence-corrected chi connectivity index (χ0v) is 12.1. The van der Waals surface area contributed by atoms with Crippen LogP contribution in [0.4, 0.5) is 18.9 Å². The third kappa shape index (κ3) is 6.03. The number of ether oxygens (including phenoxy) is 1. The number of nitrogens with two attached hydrogens (primary N) is 1. The second-order valence-corrected chi connectivity index (χ2v) is 5.76. The summed E-state index contributed by atoms with van der Waals surface area (Å²) in [5.41, 5.74) is 5.86. The monoisotopic (exact) mass is 304 g/mol. The minimum absolute atomic E-state index is 0.0745. The molecular formula is C14H19F3N2O2. The van der Waals surface area contributed by atoms with E-state index in [4.69, 9.17) is 5.73 Å². The van der Waals surface area contributed by atoms with Crippen LogP contribution in [0.2, 0.25) is 0 Å². The van der Waals surface area contributed by atoms with E-state index < -0.39 is 18.8 Å². The number of carbonyl (C=O) groups excluding carboxylic acids is 1. The molecule has 7 heteroatoms. The van der Waals surface area contributed by atoms with Gasteiger partial charge in [-0.25, -0.2) is 0 Å². The number of anilines is 1. The molecule has 1 aromatic carbocycles. The van der Waals surface area contributed by atoms with E-state index in [1.807, 2.05) is 20.8 Å². The Labute approximate surface area is 121 Å². The first kappa shape index (κ1) is 17.3. The Bertz CT molecular complexity index is 478. The Morgan fingerprint density at radius 1 is 1.24 bits per heavy atom. The number of amides is 1. The molecule has 1 rings (SSSR count). The molecule has 0 radical (unpaired) electrons. The molecule has 0 spiro atoms. The summed E-state index contributed by atoms with van der Waals surface area (Å²) in [4.78, 5) is 11.9. The van der Waals surface area contributed by atoms with Gasteiger partial charge in [0, 0.05) is 5.69 Å². The predicted molar refractivity (Wildman–Crippen MR) is 74.1 cm³/mol. The maximum absolute atomic E-state index is 12.0. The molecule has 3 N–H and O–H groups in total. The van der Waals surface area contributed by atoms with Gasteiger partial charge in [0.1, 0.15) is 5.75 Å². The van der Waals surface area contributed by atoms with Crippen molar-refractivity contribution < 1.29 is 22.7 Å². The van der Waals surface area contributed by atoms with Crippen LogP contribution >= 0.6 is 0 Å². The van der Waals surface area contributed by atoms with Gasteiger partial charge in [0.15, 0.2) is 6.61 Å². The molecule has 0 aliphatic carbocycles. The number of hydrogen-bond donors (Lipinski definition) is 2. The van der Waals surface area contributed by atoms with Crippen molar-refractivity contribution in [2.75, 3.05) is 11.9 Å². The average Bonchev–Trinajstić information content (AvgIpc) is 2.35. The van der Waals surface area contributed by atoms with Gasteiger partial charge in [0.05, 0.1) is 6.04 Å². The average molecular weight is 304 g/mol. The molecular weight excluding hydrogens is 285 g/mol. The fraction of sp³-hybridized carbons (Fsp3) is 0.500. The highest BCUT2D eigenvalue weighted by atomic mass is 19.4. The highest BCUT2D eigenvalue weighted by molar-refractivity contribution is 5.95. The summed E-state index contributed by atoms with van der Waals surface area (Å²) in [5, 5.41) is 2.61. The Balaban J connectivity index is 2.61. The molecule has 0 heterocycles. The topological polar surface area (TPSA) is 64.4 Å². The van der Waals surface area contributed by atoms with E-state index in [1.165, 1.54) is 24.3 Å². The summed E-state index contributed by atoms with van der Waals surface area (Å²) in [5.74, 6) is -0.281. The maximum atomic E-state index is 12.0. The van der Waals surface area contributed by atoms with E-state index in [2.05, 4.69) is 10.1 Å². The number of hydrogen-bond acceptors (Lipinski definition) is 3. The van der Waals surface area contributed by atoms with Crippen LogP contribution in [-0.2, 0) is 4.79 Å². The van der Waals surface area contributed by atoms with Gasteiger partial charge in [-0.15, -0.1) is 0 Å². The second kappa shape index (κ2) is 6.34. The highest BCUT2D eigenvalue weighted by Gasteiger charge is 2.29. The van der Waals surface area contributed by atoms with Crippen LogP contribution in [0.5, 0.6) is 5.75 Å².